The van der Waals surface area contributed by atoms with Gasteiger partial charge in [0.15, 0.2) is 11.5 Å². The summed E-state index contributed by atoms with van der Waals surface area (Å²) in [4.78, 5) is 0. The number of rotatable bonds is 8. The molecule has 14 heteroatoms. The number of benzene rings is 2. The summed E-state index contributed by atoms with van der Waals surface area (Å²) in [7, 11) is 2.60. The van der Waals surface area contributed by atoms with E-state index in [-0.39, 0.29) is 56.6 Å². The molecule has 2 aromatic heterocycles. The van der Waals surface area contributed by atoms with Crippen LogP contribution in [0.2, 0.25) is 0 Å². The first-order chi connectivity index (χ1) is 20.1. The van der Waals surface area contributed by atoms with E-state index in [0.717, 1.165) is 6.07 Å². The van der Waals surface area contributed by atoms with Crippen molar-refractivity contribution in [2.75, 3.05) is 20.8 Å². The lowest BCUT2D eigenvalue weighted by atomic mass is 9.99. The number of methoxy groups -OCH3 is 2. The Morgan fingerprint density at radius 1 is 0.905 bits per heavy atom. The average Bonchev–Trinajstić information content (AvgIpc) is 3.53. The van der Waals surface area contributed by atoms with Gasteiger partial charge in [-0.25, -0.2) is 4.42 Å². The van der Waals surface area contributed by atoms with E-state index in [1.165, 1.54) is 50.8 Å². The molecular weight excluding hydrogens is 560 g/mol. The van der Waals surface area contributed by atoms with E-state index >= 15 is 0 Å². The molecule has 1 aliphatic heterocycles. The highest BCUT2D eigenvalue weighted by Gasteiger charge is 2.46. The molecule has 14 nitrogen and oxygen atoms in total. The Bertz CT molecular complexity index is 1540. The topological polar surface area (TPSA) is 223 Å². The SMILES string of the molecule is COc1cc(-c2[o+]c3c(C(O)c4ccco4)c(O)cc(O)c3cc2O[C@@H]2O[C@H](CO)[C@@H](O)[C@H](O)[C@H]2O)cc(OC)c1O. The summed E-state index contributed by atoms with van der Waals surface area (Å²) in [6.45, 7) is -0.708. The third kappa shape index (κ3) is 5.00. The monoisotopic (exact) mass is 589 g/mol. The van der Waals surface area contributed by atoms with Crippen LogP contribution in [-0.2, 0) is 4.74 Å². The molecule has 1 unspecified atom stereocenters. The molecular formula is C28H29O14+. The van der Waals surface area contributed by atoms with E-state index in [1.54, 1.807) is 0 Å². The molecule has 0 radical (unpaired) electrons. The number of aromatic hydroxyl groups is 3. The van der Waals surface area contributed by atoms with E-state index in [9.17, 15) is 40.9 Å². The van der Waals surface area contributed by atoms with Crippen molar-refractivity contribution in [3.8, 4) is 45.8 Å². The van der Waals surface area contributed by atoms with Crippen molar-refractivity contribution in [2.24, 2.45) is 0 Å². The molecule has 5 rings (SSSR count). The second kappa shape index (κ2) is 11.5. The van der Waals surface area contributed by atoms with Crippen LogP contribution in [0.3, 0.4) is 0 Å². The normalized spacial score (nSPS) is 23.1. The van der Waals surface area contributed by atoms with Crippen molar-refractivity contribution in [3.05, 3.63) is 54.0 Å². The van der Waals surface area contributed by atoms with E-state index in [1.807, 2.05) is 0 Å². The lowest BCUT2D eigenvalue weighted by Gasteiger charge is -2.39. The minimum absolute atomic E-state index is 0.0342. The molecule has 2 aromatic carbocycles. The van der Waals surface area contributed by atoms with Crippen molar-refractivity contribution in [3.63, 3.8) is 0 Å². The number of hydrogen-bond acceptors (Lipinski definition) is 13. The van der Waals surface area contributed by atoms with Crippen LogP contribution in [0.4, 0.5) is 0 Å². The number of phenolic OH excluding ortho intramolecular Hbond substituents is 3. The van der Waals surface area contributed by atoms with Crippen LogP contribution in [0.25, 0.3) is 22.3 Å². The van der Waals surface area contributed by atoms with Crippen LogP contribution in [0.1, 0.15) is 17.4 Å². The summed E-state index contributed by atoms with van der Waals surface area (Å²) in [5.41, 5.74) is -0.209. The zero-order valence-corrected chi connectivity index (χ0v) is 22.2. The third-order valence-electron chi connectivity index (χ3n) is 6.94. The number of fused-ring (bicyclic) bond motifs is 1. The second-order valence-electron chi connectivity index (χ2n) is 9.47. The Kier molecular flexibility index (Phi) is 8.01. The van der Waals surface area contributed by atoms with Crippen molar-refractivity contribution in [1.82, 2.24) is 0 Å². The summed E-state index contributed by atoms with van der Waals surface area (Å²) >= 11 is 0. The fourth-order valence-electron chi connectivity index (χ4n) is 4.72. The maximum absolute atomic E-state index is 11.1. The first-order valence-corrected chi connectivity index (χ1v) is 12.6. The number of aliphatic hydroxyl groups is 5. The summed E-state index contributed by atoms with van der Waals surface area (Å²) < 4.78 is 33.3. The fourth-order valence-corrected chi connectivity index (χ4v) is 4.72. The van der Waals surface area contributed by atoms with Gasteiger partial charge in [0.1, 0.15) is 58.7 Å². The van der Waals surface area contributed by atoms with Gasteiger partial charge in [-0.05, 0) is 12.1 Å². The average molecular weight is 590 g/mol. The van der Waals surface area contributed by atoms with Crippen LogP contribution in [0.5, 0.6) is 34.5 Å². The van der Waals surface area contributed by atoms with Crippen LogP contribution in [-0.4, -0.2) is 92.4 Å². The minimum Gasteiger partial charge on any atom is -0.507 e. The van der Waals surface area contributed by atoms with Crippen molar-refractivity contribution < 1.29 is 68.6 Å². The zero-order valence-electron chi connectivity index (χ0n) is 22.2. The number of phenols is 3. The van der Waals surface area contributed by atoms with Gasteiger partial charge in [-0.3, -0.25) is 0 Å². The van der Waals surface area contributed by atoms with E-state index in [0.29, 0.717) is 0 Å². The summed E-state index contributed by atoms with van der Waals surface area (Å²) in [6.07, 6.45) is -8.35. The first kappa shape index (κ1) is 29.2. The Morgan fingerprint density at radius 2 is 1.60 bits per heavy atom. The van der Waals surface area contributed by atoms with E-state index < -0.39 is 54.9 Å². The van der Waals surface area contributed by atoms with E-state index in [2.05, 4.69) is 0 Å². The molecule has 4 aromatic rings. The van der Waals surface area contributed by atoms with Gasteiger partial charge in [0, 0.05) is 24.3 Å². The minimum atomic E-state index is -1.79. The van der Waals surface area contributed by atoms with Crippen LogP contribution >= 0.6 is 0 Å². The number of furan rings is 1. The van der Waals surface area contributed by atoms with Gasteiger partial charge in [0.25, 0.3) is 0 Å². The number of hydrogen-bond donors (Lipinski definition) is 8. The quantitative estimate of drug-likeness (QED) is 0.136. The van der Waals surface area contributed by atoms with Gasteiger partial charge >= 0.3 is 11.3 Å². The van der Waals surface area contributed by atoms with Gasteiger partial charge in [-0.2, -0.15) is 0 Å². The molecule has 0 saturated carbocycles. The lowest BCUT2D eigenvalue weighted by molar-refractivity contribution is -0.277. The van der Waals surface area contributed by atoms with Gasteiger partial charge < -0.3 is 64.2 Å². The number of ether oxygens (including phenoxy) is 4. The van der Waals surface area contributed by atoms with Gasteiger partial charge in [0.2, 0.25) is 17.8 Å². The molecule has 1 saturated heterocycles. The van der Waals surface area contributed by atoms with Gasteiger partial charge in [-0.15, -0.1) is 0 Å². The van der Waals surface area contributed by atoms with Crippen LogP contribution in [0.15, 0.2) is 51.5 Å². The molecule has 0 spiro atoms. The largest absolute Gasteiger partial charge is 0.507 e. The third-order valence-corrected chi connectivity index (χ3v) is 6.94. The number of aliphatic hydroxyl groups excluding tert-OH is 5. The Labute approximate surface area is 237 Å². The summed E-state index contributed by atoms with van der Waals surface area (Å²) in [5, 5.41) is 83.6. The zero-order chi connectivity index (χ0) is 30.3. The van der Waals surface area contributed by atoms with Gasteiger partial charge in [-0.1, -0.05) is 0 Å². The smallest absolute Gasteiger partial charge is 0.402 e. The maximum atomic E-state index is 11.1. The second-order valence-corrected chi connectivity index (χ2v) is 9.47. The van der Waals surface area contributed by atoms with Crippen molar-refractivity contribution >= 4 is 11.0 Å². The van der Waals surface area contributed by atoms with Crippen molar-refractivity contribution in [1.29, 1.82) is 0 Å². The predicted octanol–water partition coefficient (Wildman–Crippen LogP) is 1.37. The highest BCUT2D eigenvalue weighted by atomic mass is 16.7. The van der Waals surface area contributed by atoms with Crippen molar-refractivity contribution in [2.45, 2.75) is 36.8 Å². The van der Waals surface area contributed by atoms with Gasteiger partial charge in [0.05, 0.1) is 32.7 Å². The predicted molar refractivity (Wildman–Crippen MR) is 141 cm³/mol. The van der Waals surface area contributed by atoms with E-state index in [4.69, 9.17) is 27.8 Å². The summed E-state index contributed by atoms with van der Waals surface area (Å²) in [6, 6.07) is 7.94. The molecule has 42 heavy (non-hydrogen) atoms. The molecule has 3 heterocycles. The molecule has 0 amide bonds. The Hall–Kier alpha value is -4.31. The molecule has 1 aliphatic rings. The Balaban J connectivity index is 1.75. The maximum Gasteiger partial charge on any atom is 0.402 e. The summed E-state index contributed by atoms with van der Waals surface area (Å²) in [5.74, 6) is -1.71. The molecule has 0 bridgehead atoms. The highest BCUT2D eigenvalue weighted by molar-refractivity contribution is 5.92. The Morgan fingerprint density at radius 3 is 2.19 bits per heavy atom. The molecule has 8 N–H and O–H groups in total. The first-order valence-electron chi connectivity index (χ1n) is 12.6. The highest BCUT2D eigenvalue weighted by Crippen LogP contribution is 2.48. The molecule has 1 fully saturated rings. The lowest BCUT2D eigenvalue weighted by Crippen LogP contribution is -2.60. The van der Waals surface area contributed by atoms with Crippen LogP contribution < -0.4 is 14.2 Å². The molecule has 6 atom stereocenters. The molecule has 0 aliphatic carbocycles. The molecule has 224 valence electrons. The van der Waals surface area contributed by atoms with Crippen LogP contribution in [0, 0.1) is 0 Å². The standard InChI is InChI=1S/C28H28O14/c1-37-16-6-11(7-17(38-2)21(16)32)26-18(40-28-25(36)24(35)23(34)19(10-29)41-28)8-12-13(30)9-14(31)20(27(12)42-26)22(33)15-4-3-5-39-15/h3-9,19,22-25,28-29,33-36H,10H2,1-2H3,(H2-,30,31,32)/p+1/t19-,22?,23-,24+,25-,28-/m1/s1. The fraction of sp³-hybridized carbons (Fsp3) is 0.321.